The Kier molecular flexibility index (Phi) is 1.06. The first-order valence-corrected chi connectivity index (χ1v) is 2.60. The number of cyclic esters (lactones) is 2. The molecule has 4 nitrogen and oxygen atoms in total. The molecular weight excluding hydrogens is 122 g/mol. The van der Waals surface area contributed by atoms with Gasteiger partial charge in [-0.15, -0.1) is 0 Å². The van der Waals surface area contributed by atoms with E-state index in [1.54, 1.807) is 14.1 Å². The van der Waals surface area contributed by atoms with Gasteiger partial charge in [-0.1, -0.05) is 0 Å². The third kappa shape index (κ3) is 0.929. The van der Waals surface area contributed by atoms with Crippen LogP contribution in [-0.4, -0.2) is 37.2 Å². The van der Waals surface area contributed by atoms with Crippen molar-refractivity contribution in [2.24, 2.45) is 0 Å². The molecule has 0 radical (unpaired) electrons. The minimum absolute atomic E-state index is 0.0127. The maximum Gasteiger partial charge on any atom is 0.524 e. The predicted octanol–water partition coefficient (Wildman–Crippen LogP) is -0.260. The van der Waals surface area contributed by atoms with Gasteiger partial charge in [0.15, 0.2) is 6.54 Å². The first-order valence-electron chi connectivity index (χ1n) is 2.60. The van der Waals surface area contributed by atoms with E-state index in [-0.39, 0.29) is 11.0 Å². The van der Waals surface area contributed by atoms with Gasteiger partial charge in [0, 0.05) is 0 Å². The summed E-state index contributed by atoms with van der Waals surface area (Å²) in [5.74, 6) is -0.440. The molecule has 0 bridgehead atoms. The fraction of sp³-hybridized carbons (Fsp3) is 0.600. The molecule has 1 heterocycles. The molecule has 0 aromatic carbocycles. The molecule has 1 aliphatic rings. The molecule has 0 N–H and O–H groups in total. The number of rotatable bonds is 0. The Morgan fingerprint density at radius 1 is 1.44 bits per heavy atom. The highest BCUT2D eigenvalue weighted by Gasteiger charge is 2.41. The molecule has 1 amide bonds. The Bertz CT molecular complexity index is 173. The predicted molar refractivity (Wildman–Crippen MR) is 28.5 cm³/mol. The van der Waals surface area contributed by atoms with E-state index < -0.39 is 12.1 Å². The molecule has 1 rings (SSSR count). The highest BCUT2D eigenvalue weighted by atomic mass is 16.6. The van der Waals surface area contributed by atoms with Gasteiger partial charge in [0.2, 0.25) is 0 Å². The topological polar surface area (TPSA) is 43.4 Å². The molecule has 0 unspecified atom stereocenters. The lowest BCUT2D eigenvalue weighted by Gasteiger charge is -2.12. The number of carbonyl (C=O) groups is 2. The van der Waals surface area contributed by atoms with Crippen molar-refractivity contribution in [2.75, 3.05) is 20.6 Å². The maximum atomic E-state index is 10.6. The summed E-state index contributed by atoms with van der Waals surface area (Å²) < 4.78 is 4.28. The Balaban J connectivity index is 2.81. The Morgan fingerprint density at radius 3 is 2.11 bits per heavy atom. The third-order valence-electron chi connectivity index (χ3n) is 1.22. The van der Waals surface area contributed by atoms with Gasteiger partial charge in [0.1, 0.15) is 0 Å². The summed E-state index contributed by atoms with van der Waals surface area (Å²) in [6.07, 6.45) is -0.472. The van der Waals surface area contributed by atoms with Crippen LogP contribution in [-0.2, 0) is 9.53 Å². The summed E-state index contributed by atoms with van der Waals surface area (Å²) in [7, 11) is 3.26. The second-order valence-electron chi connectivity index (χ2n) is 2.58. The Labute approximate surface area is 52.6 Å². The van der Waals surface area contributed by atoms with E-state index in [0.29, 0.717) is 0 Å². The molecule has 4 heteroatoms. The van der Waals surface area contributed by atoms with Gasteiger partial charge in [-0.2, -0.15) is 4.79 Å². The lowest BCUT2D eigenvalue weighted by Crippen LogP contribution is -2.40. The second kappa shape index (κ2) is 1.54. The van der Waals surface area contributed by atoms with Crippen LogP contribution in [0.15, 0.2) is 0 Å². The number of quaternary nitrogens is 1. The summed E-state index contributed by atoms with van der Waals surface area (Å²) in [6, 6.07) is 0. The van der Waals surface area contributed by atoms with Gasteiger partial charge in [0.05, 0.1) is 14.1 Å². The van der Waals surface area contributed by atoms with Crippen LogP contribution >= 0.6 is 0 Å². The van der Waals surface area contributed by atoms with Crippen LogP contribution in [0.1, 0.15) is 0 Å². The monoisotopic (exact) mass is 130 g/mol. The number of hydrogen-bond donors (Lipinski definition) is 0. The Hall–Kier alpha value is -0.900. The van der Waals surface area contributed by atoms with Crippen LogP contribution in [0.4, 0.5) is 4.79 Å². The van der Waals surface area contributed by atoms with Gasteiger partial charge in [0.25, 0.3) is 0 Å². The molecule has 0 saturated carbocycles. The van der Waals surface area contributed by atoms with Gasteiger partial charge in [-0.3, -0.25) is 0 Å². The molecule has 1 aliphatic heterocycles. The van der Waals surface area contributed by atoms with Crippen LogP contribution in [0.3, 0.4) is 0 Å². The molecule has 0 spiro atoms. The lowest BCUT2D eigenvalue weighted by atomic mass is 10.5. The van der Waals surface area contributed by atoms with Gasteiger partial charge >= 0.3 is 12.1 Å². The molecule has 0 aromatic heterocycles. The van der Waals surface area contributed by atoms with Crippen molar-refractivity contribution in [1.82, 2.24) is 0 Å². The van der Waals surface area contributed by atoms with E-state index in [0.717, 1.165) is 0 Å². The number of ether oxygens (including phenoxy) is 1. The van der Waals surface area contributed by atoms with Crippen molar-refractivity contribution in [3.8, 4) is 0 Å². The standard InChI is InChI=1S/C5H8NO3/c1-6(2)3-4(7)9-5(6)8/h3H2,1-2H3/q+1. The number of amides is 1. The number of carbonyl (C=O) groups excluding carboxylic acids is 2. The number of nitrogens with zero attached hydrogens (tertiary/aromatic N) is 1. The highest BCUT2D eigenvalue weighted by molar-refractivity contribution is 5.87. The zero-order valence-electron chi connectivity index (χ0n) is 5.38. The normalized spacial score (nSPS) is 24.2. The van der Waals surface area contributed by atoms with E-state index in [1.165, 1.54) is 0 Å². The number of esters is 1. The van der Waals surface area contributed by atoms with Crippen LogP contribution in [0.2, 0.25) is 0 Å². The van der Waals surface area contributed by atoms with Crippen LogP contribution in [0, 0.1) is 0 Å². The lowest BCUT2D eigenvalue weighted by molar-refractivity contribution is -0.797. The van der Waals surface area contributed by atoms with E-state index in [1.807, 2.05) is 0 Å². The molecular formula is C5H8NO3+. The smallest absolute Gasteiger partial charge is 0.341 e. The van der Waals surface area contributed by atoms with Crippen molar-refractivity contribution in [3.63, 3.8) is 0 Å². The van der Waals surface area contributed by atoms with Crippen LogP contribution in [0.25, 0.3) is 0 Å². The van der Waals surface area contributed by atoms with Gasteiger partial charge in [-0.05, 0) is 0 Å². The Morgan fingerprint density at radius 2 is 2.00 bits per heavy atom. The minimum atomic E-state index is -0.472. The van der Waals surface area contributed by atoms with Crippen molar-refractivity contribution in [3.05, 3.63) is 0 Å². The largest absolute Gasteiger partial charge is 0.524 e. The summed E-state index contributed by atoms with van der Waals surface area (Å²) in [5, 5.41) is 0. The van der Waals surface area contributed by atoms with E-state index in [9.17, 15) is 9.59 Å². The first kappa shape index (κ1) is 6.22. The molecule has 0 atom stereocenters. The fourth-order valence-corrected chi connectivity index (χ4v) is 0.641. The van der Waals surface area contributed by atoms with Crippen molar-refractivity contribution in [2.45, 2.75) is 0 Å². The summed E-state index contributed by atoms with van der Waals surface area (Å²) in [4.78, 5) is 21.0. The summed E-state index contributed by atoms with van der Waals surface area (Å²) in [5.41, 5.74) is 0. The van der Waals surface area contributed by atoms with Crippen LogP contribution in [0.5, 0.6) is 0 Å². The second-order valence-corrected chi connectivity index (χ2v) is 2.58. The quantitative estimate of drug-likeness (QED) is 0.258. The maximum absolute atomic E-state index is 10.6. The zero-order valence-corrected chi connectivity index (χ0v) is 5.38. The SMILES string of the molecule is C[N+]1(C)CC(=O)OC1=O. The molecule has 9 heavy (non-hydrogen) atoms. The van der Waals surface area contributed by atoms with Crippen LogP contribution < -0.4 is 0 Å². The highest BCUT2D eigenvalue weighted by Crippen LogP contribution is 2.09. The number of likely N-dealkylation sites (N-methyl/N-ethyl adjacent to an activating group) is 1. The summed E-state index contributed by atoms with van der Waals surface area (Å²) in [6.45, 7) is 0.152. The fourth-order valence-electron chi connectivity index (χ4n) is 0.641. The van der Waals surface area contributed by atoms with Gasteiger partial charge in [-0.25, -0.2) is 9.28 Å². The van der Waals surface area contributed by atoms with Crippen molar-refractivity contribution in [1.29, 1.82) is 0 Å². The molecule has 1 saturated heterocycles. The minimum Gasteiger partial charge on any atom is -0.341 e. The first-order chi connectivity index (χ1) is 4.02. The van der Waals surface area contributed by atoms with Crippen molar-refractivity contribution >= 4 is 12.1 Å². The molecule has 1 fully saturated rings. The average molecular weight is 130 g/mol. The zero-order chi connectivity index (χ0) is 7.07. The van der Waals surface area contributed by atoms with E-state index in [2.05, 4.69) is 4.74 Å². The third-order valence-corrected chi connectivity index (χ3v) is 1.22. The molecule has 0 aliphatic carbocycles. The molecule has 50 valence electrons. The molecule has 0 aromatic rings. The summed E-state index contributed by atoms with van der Waals surface area (Å²) >= 11 is 0. The average Bonchev–Trinajstić information content (AvgIpc) is 1.79. The van der Waals surface area contributed by atoms with Crippen molar-refractivity contribution < 1.29 is 18.8 Å². The van der Waals surface area contributed by atoms with Gasteiger partial charge < -0.3 is 4.74 Å². The number of hydrogen-bond acceptors (Lipinski definition) is 3. The van der Waals surface area contributed by atoms with E-state index in [4.69, 9.17) is 0 Å². The van der Waals surface area contributed by atoms with E-state index >= 15 is 0 Å².